The second-order valence-electron chi connectivity index (χ2n) is 9.82. The molecule has 1 aromatic rings. The number of carbonyl (C=O) groups excluding carboxylic acids is 2. The Hall–Kier alpha value is -1.93. The predicted molar refractivity (Wildman–Crippen MR) is 141 cm³/mol. The Labute approximate surface area is 227 Å². The van der Waals surface area contributed by atoms with Gasteiger partial charge in [0.25, 0.3) is 0 Å². The zero-order chi connectivity index (χ0) is 27.8. The lowest BCUT2D eigenvalue weighted by Crippen LogP contribution is -2.66. The van der Waals surface area contributed by atoms with Crippen molar-refractivity contribution in [2.45, 2.75) is 81.1 Å². The van der Waals surface area contributed by atoms with E-state index in [1.807, 2.05) is 0 Å². The third-order valence-corrected chi connectivity index (χ3v) is 8.18. The maximum absolute atomic E-state index is 13.1. The molecule has 2 fully saturated rings. The molecular weight excluding hydrogens is 516 g/mol. The molecule has 0 aromatic heterocycles. The number of methoxy groups -OCH3 is 1. The van der Waals surface area contributed by atoms with Crippen molar-refractivity contribution in [2.24, 2.45) is 5.92 Å². The molecule has 3 rings (SSSR count). The van der Waals surface area contributed by atoms with Gasteiger partial charge >= 0.3 is 5.97 Å². The van der Waals surface area contributed by atoms with E-state index >= 15 is 0 Å². The summed E-state index contributed by atoms with van der Waals surface area (Å²) in [7, 11) is 1.47. The van der Waals surface area contributed by atoms with E-state index < -0.39 is 48.0 Å². The minimum Gasteiger partial charge on any atom is -0.508 e. The molecule has 12 heteroatoms. The molecular formula is C26H40N2O9S. The quantitative estimate of drug-likeness (QED) is 0.156. The third kappa shape index (κ3) is 7.81. The number of ether oxygens (including phenoxy) is 3. The lowest BCUT2D eigenvalue weighted by atomic mass is 9.91. The van der Waals surface area contributed by atoms with Gasteiger partial charge in [0.15, 0.2) is 0 Å². The molecule has 2 saturated heterocycles. The van der Waals surface area contributed by atoms with E-state index in [4.69, 9.17) is 14.2 Å². The number of benzene rings is 1. The Morgan fingerprint density at radius 2 is 2.00 bits per heavy atom. The summed E-state index contributed by atoms with van der Waals surface area (Å²) in [6.07, 6.45) is -3.25. The molecule has 1 aromatic carbocycles. The molecule has 6 N–H and O–H groups in total. The van der Waals surface area contributed by atoms with Crippen LogP contribution in [0.15, 0.2) is 24.3 Å². The van der Waals surface area contributed by atoms with Gasteiger partial charge in [0.1, 0.15) is 42.2 Å². The number of aliphatic hydroxyl groups is 3. The normalized spacial score (nSPS) is 30.9. The molecule has 11 nitrogen and oxygen atoms in total. The van der Waals surface area contributed by atoms with Crippen LogP contribution in [-0.4, -0.2) is 106 Å². The number of thioether (sulfide) groups is 1. The molecule has 0 bridgehead atoms. The van der Waals surface area contributed by atoms with Crippen LogP contribution >= 0.6 is 11.8 Å². The summed E-state index contributed by atoms with van der Waals surface area (Å²) in [5.74, 6) is -0.258. The van der Waals surface area contributed by atoms with E-state index in [0.717, 1.165) is 31.1 Å². The SMILES string of the molecule is CCC[C@H]1CN[C@H](C(=O)N[C@@H]([C@H]2O[C@H](SCCOC(=O)c3cccc(O)c3)[C@H](O)[C@@H](O)[C@H]2O)[C@@H](C)OC)C1. The monoisotopic (exact) mass is 556 g/mol. The number of aromatic hydroxyl groups is 1. The molecule has 0 spiro atoms. The van der Waals surface area contributed by atoms with Crippen LogP contribution in [0.25, 0.3) is 0 Å². The molecule has 2 aliphatic rings. The third-order valence-electron chi connectivity index (χ3n) is 7.06. The van der Waals surface area contributed by atoms with Crippen LogP contribution in [-0.2, 0) is 19.0 Å². The first-order chi connectivity index (χ1) is 18.2. The molecule has 0 saturated carbocycles. The van der Waals surface area contributed by atoms with Crippen molar-refractivity contribution in [1.29, 1.82) is 0 Å². The summed E-state index contributed by atoms with van der Waals surface area (Å²) in [6.45, 7) is 4.58. The van der Waals surface area contributed by atoms with Gasteiger partial charge in [-0.15, -0.1) is 11.8 Å². The standard InChI is InChI=1S/C26H40N2O9S/c1-4-6-15-11-18(27-13-15)24(33)28-19(14(2)35-3)23-21(31)20(30)22(32)26(37-23)38-10-9-36-25(34)16-7-5-8-17(29)12-16/h5,7-8,12,14-15,18-23,26-27,29-32H,4,6,9-11,13H2,1-3H3,(H,28,33)/t14-,15-,18+,19-,20+,21-,22-,23-,26-/m1/s1. The van der Waals surface area contributed by atoms with Gasteiger partial charge in [-0.3, -0.25) is 4.79 Å². The fraction of sp³-hybridized carbons (Fsp3) is 0.692. The van der Waals surface area contributed by atoms with E-state index in [9.17, 15) is 30.0 Å². The van der Waals surface area contributed by atoms with Gasteiger partial charge in [-0.05, 0) is 50.4 Å². The van der Waals surface area contributed by atoms with Crippen molar-refractivity contribution in [1.82, 2.24) is 10.6 Å². The minimum absolute atomic E-state index is 0.0179. The summed E-state index contributed by atoms with van der Waals surface area (Å²) in [5.41, 5.74) is -0.757. The van der Waals surface area contributed by atoms with Gasteiger partial charge in [0.05, 0.1) is 23.8 Å². The second-order valence-corrected chi connectivity index (χ2v) is 11.0. The Morgan fingerprint density at radius 1 is 1.24 bits per heavy atom. The summed E-state index contributed by atoms with van der Waals surface area (Å²) in [6, 6.07) is 4.61. The van der Waals surface area contributed by atoms with E-state index in [2.05, 4.69) is 17.6 Å². The van der Waals surface area contributed by atoms with Crippen molar-refractivity contribution >= 4 is 23.6 Å². The Bertz CT molecular complexity index is 922. The average molecular weight is 557 g/mol. The van der Waals surface area contributed by atoms with Crippen molar-refractivity contribution < 1.29 is 44.2 Å². The molecule has 0 aliphatic carbocycles. The highest BCUT2D eigenvalue weighted by Gasteiger charge is 2.49. The number of phenols is 1. The number of esters is 1. The van der Waals surface area contributed by atoms with Gasteiger partial charge < -0.3 is 45.3 Å². The van der Waals surface area contributed by atoms with Gasteiger partial charge in [-0.25, -0.2) is 4.79 Å². The number of nitrogens with one attached hydrogen (secondary N) is 2. The predicted octanol–water partition coefficient (Wildman–Crippen LogP) is 0.388. The fourth-order valence-corrected chi connectivity index (χ4v) is 5.81. The van der Waals surface area contributed by atoms with Crippen LogP contribution in [0.2, 0.25) is 0 Å². The number of hydrogen-bond acceptors (Lipinski definition) is 11. The summed E-state index contributed by atoms with van der Waals surface area (Å²) in [4.78, 5) is 25.2. The average Bonchev–Trinajstić information content (AvgIpc) is 3.38. The number of carbonyl (C=O) groups is 2. The molecule has 2 aliphatic heterocycles. The summed E-state index contributed by atoms with van der Waals surface area (Å²) < 4.78 is 16.7. The largest absolute Gasteiger partial charge is 0.508 e. The summed E-state index contributed by atoms with van der Waals surface area (Å²) >= 11 is 1.11. The number of aliphatic hydroxyl groups excluding tert-OH is 3. The molecule has 2 heterocycles. The number of phenolic OH excluding ortho intramolecular Hbond substituents is 1. The van der Waals surface area contributed by atoms with Crippen molar-refractivity contribution in [2.75, 3.05) is 26.0 Å². The van der Waals surface area contributed by atoms with Crippen LogP contribution in [0.5, 0.6) is 5.75 Å². The molecule has 38 heavy (non-hydrogen) atoms. The van der Waals surface area contributed by atoms with Crippen LogP contribution in [0.3, 0.4) is 0 Å². The smallest absolute Gasteiger partial charge is 0.338 e. The Morgan fingerprint density at radius 3 is 2.68 bits per heavy atom. The Kier molecular flexibility index (Phi) is 11.6. The Balaban J connectivity index is 1.60. The molecule has 214 valence electrons. The topological polar surface area (TPSA) is 167 Å². The highest BCUT2D eigenvalue weighted by Crippen LogP contribution is 2.31. The number of rotatable bonds is 12. The van der Waals surface area contributed by atoms with Crippen LogP contribution in [0.1, 0.15) is 43.5 Å². The maximum atomic E-state index is 13.1. The van der Waals surface area contributed by atoms with Crippen LogP contribution in [0.4, 0.5) is 0 Å². The van der Waals surface area contributed by atoms with Crippen LogP contribution < -0.4 is 10.6 Å². The van der Waals surface area contributed by atoms with Gasteiger partial charge in [0.2, 0.25) is 5.91 Å². The van der Waals surface area contributed by atoms with Crippen LogP contribution in [0, 0.1) is 5.92 Å². The zero-order valence-corrected chi connectivity index (χ0v) is 22.8. The van der Waals surface area contributed by atoms with Crippen molar-refractivity contribution in [3.05, 3.63) is 29.8 Å². The van der Waals surface area contributed by atoms with Gasteiger partial charge in [-0.1, -0.05) is 19.4 Å². The molecule has 1 amide bonds. The summed E-state index contributed by atoms with van der Waals surface area (Å²) in [5, 5.41) is 47.6. The highest BCUT2D eigenvalue weighted by atomic mass is 32.2. The minimum atomic E-state index is -1.52. The highest BCUT2D eigenvalue weighted by molar-refractivity contribution is 7.99. The molecule has 0 unspecified atom stereocenters. The number of amides is 1. The molecule has 0 radical (unpaired) electrons. The van der Waals surface area contributed by atoms with Gasteiger partial charge in [-0.2, -0.15) is 0 Å². The first-order valence-corrected chi connectivity index (χ1v) is 14.0. The van der Waals surface area contributed by atoms with E-state index in [0.29, 0.717) is 12.3 Å². The first-order valence-electron chi connectivity index (χ1n) is 13.0. The maximum Gasteiger partial charge on any atom is 0.338 e. The van der Waals surface area contributed by atoms with Crippen molar-refractivity contribution in [3.63, 3.8) is 0 Å². The number of hydrogen-bond donors (Lipinski definition) is 6. The van der Waals surface area contributed by atoms with E-state index in [1.54, 1.807) is 6.92 Å². The van der Waals surface area contributed by atoms with E-state index in [1.165, 1.54) is 31.4 Å². The van der Waals surface area contributed by atoms with Gasteiger partial charge in [0, 0.05) is 12.9 Å². The van der Waals surface area contributed by atoms with Crippen molar-refractivity contribution in [3.8, 4) is 5.75 Å². The first kappa shape index (κ1) is 30.6. The lowest BCUT2D eigenvalue weighted by molar-refractivity contribution is -0.212. The zero-order valence-electron chi connectivity index (χ0n) is 22.0. The molecule has 9 atom stereocenters. The fourth-order valence-electron chi connectivity index (χ4n) is 4.84. The second kappa shape index (κ2) is 14.5. The van der Waals surface area contributed by atoms with E-state index in [-0.39, 0.29) is 35.6 Å². The lowest BCUT2D eigenvalue weighted by Gasteiger charge is -2.44.